The number of benzene rings is 2. The first-order valence-electron chi connectivity index (χ1n) is 9.36. The van der Waals surface area contributed by atoms with Crippen molar-refractivity contribution in [2.75, 3.05) is 6.61 Å². The van der Waals surface area contributed by atoms with E-state index in [0.717, 1.165) is 27.5 Å². The monoisotopic (exact) mass is 419 g/mol. The Balaban J connectivity index is 1.68. The highest BCUT2D eigenvalue weighted by molar-refractivity contribution is 7.94. The molecule has 2 aromatic carbocycles. The Bertz CT molecular complexity index is 833. The normalized spacial score (nSPS) is 18.6. The molecular formula is C22H26ClNO3S. The summed E-state index contributed by atoms with van der Waals surface area (Å²) in [5.74, 6) is 0.0837. The number of nitrogens with one attached hydrogen (secondary N) is 1. The molecule has 0 saturated heterocycles. The highest BCUT2D eigenvalue weighted by atomic mass is 35.5. The van der Waals surface area contributed by atoms with Gasteiger partial charge in [0, 0.05) is 27.9 Å². The summed E-state index contributed by atoms with van der Waals surface area (Å²) in [4.78, 5) is 13.4. The standard InChI is InChI=1S/C22H26ClNO3S/c1-14-8-10-16(11-9-14)28-26-13-15-12-18-17(6-5-7-19(18)23)20(15)24-21(25)27-22(2,3)4/h5-11,15,20H,12-13H2,1-4H3,(H,24,25). The minimum absolute atomic E-state index is 0.0837. The van der Waals surface area contributed by atoms with Crippen LogP contribution >= 0.6 is 23.6 Å². The number of halogens is 1. The number of amides is 1. The van der Waals surface area contributed by atoms with Crippen molar-refractivity contribution in [3.63, 3.8) is 0 Å². The molecule has 1 aliphatic carbocycles. The third kappa shape index (κ3) is 5.43. The van der Waals surface area contributed by atoms with Crippen LogP contribution in [0.1, 0.15) is 43.5 Å². The molecule has 0 aliphatic heterocycles. The molecule has 0 fully saturated rings. The highest BCUT2D eigenvalue weighted by Crippen LogP contribution is 2.40. The topological polar surface area (TPSA) is 47.6 Å². The summed E-state index contributed by atoms with van der Waals surface area (Å²) >= 11 is 7.75. The van der Waals surface area contributed by atoms with Crippen molar-refractivity contribution in [3.8, 4) is 0 Å². The van der Waals surface area contributed by atoms with Crippen LogP contribution in [0.25, 0.3) is 0 Å². The molecule has 28 heavy (non-hydrogen) atoms. The summed E-state index contributed by atoms with van der Waals surface area (Å²) in [6.07, 6.45) is 0.325. The van der Waals surface area contributed by atoms with E-state index in [-0.39, 0.29) is 12.0 Å². The van der Waals surface area contributed by atoms with Gasteiger partial charge in [-0.1, -0.05) is 41.4 Å². The first kappa shape index (κ1) is 21.0. The molecule has 0 aromatic heterocycles. The molecular weight excluding hydrogens is 394 g/mol. The molecule has 0 radical (unpaired) electrons. The van der Waals surface area contributed by atoms with Gasteiger partial charge in [-0.3, -0.25) is 0 Å². The van der Waals surface area contributed by atoms with E-state index in [0.29, 0.717) is 6.61 Å². The van der Waals surface area contributed by atoms with Gasteiger partial charge in [0.1, 0.15) is 5.60 Å². The zero-order valence-electron chi connectivity index (χ0n) is 16.6. The Morgan fingerprint density at radius 1 is 1.21 bits per heavy atom. The Kier molecular flexibility index (Phi) is 6.58. The second-order valence-electron chi connectivity index (χ2n) is 8.08. The minimum atomic E-state index is -0.548. The van der Waals surface area contributed by atoms with E-state index in [9.17, 15) is 4.79 Å². The van der Waals surface area contributed by atoms with E-state index >= 15 is 0 Å². The Hall–Kier alpha value is -1.69. The SMILES string of the molecule is Cc1ccc(SOCC2Cc3c(Cl)cccc3C2NC(=O)OC(C)(C)C)cc1. The van der Waals surface area contributed by atoms with Crippen molar-refractivity contribution in [2.24, 2.45) is 5.92 Å². The predicted octanol–water partition coefficient (Wildman–Crippen LogP) is 6.11. The number of ether oxygens (including phenoxy) is 1. The Morgan fingerprint density at radius 3 is 2.61 bits per heavy atom. The van der Waals surface area contributed by atoms with Crippen LogP contribution in [0.4, 0.5) is 4.79 Å². The molecule has 2 unspecified atom stereocenters. The molecule has 0 spiro atoms. The lowest BCUT2D eigenvalue weighted by Gasteiger charge is -2.25. The van der Waals surface area contributed by atoms with Crippen LogP contribution in [0.2, 0.25) is 5.02 Å². The van der Waals surface area contributed by atoms with E-state index < -0.39 is 11.7 Å². The van der Waals surface area contributed by atoms with E-state index in [2.05, 4.69) is 24.4 Å². The van der Waals surface area contributed by atoms with Gasteiger partial charge in [0.15, 0.2) is 0 Å². The number of fused-ring (bicyclic) bond motifs is 1. The predicted molar refractivity (Wildman–Crippen MR) is 114 cm³/mol. The minimum Gasteiger partial charge on any atom is -0.444 e. The van der Waals surface area contributed by atoms with Crippen molar-refractivity contribution in [1.29, 1.82) is 0 Å². The van der Waals surface area contributed by atoms with Gasteiger partial charge in [0.25, 0.3) is 0 Å². The van der Waals surface area contributed by atoms with Gasteiger partial charge in [0.05, 0.1) is 12.6 Å². The number of alkyl carbamates (subject to hydrolysis) is 1. The Morgan fingerprint density at radius 2 is 1.93 bits per heavy atom. The van der Waals surface area contributed by atoms with Crippen LogP contribution in [0.3, 0.4) is 0 Å². The average Bonchev–Trinajstić information content (AvgIpc) is 2.94. The number of aryl methyl sites for hydroxylation is 1. The zero-order valence-corrected chi connectivity index (χ0v) is 18.2. The molecule has 2 atom stereocenters. The fourth-order valence-corrected chi connectivity index (χ4v) is 4.17. The number of carbonyl (C=O) groups is 1. The lowest BCUT2D eigenvalue weighted by atomic mass is 10.0. The summed E-state index contributed by atoms with van der Waals surface area (Å²) < 4.78 is 11.4. The van der Waals surface area contributed by atoms with Gasteiger partial charge < -0.3 is 14.2 Å². The molecule has 3 rings (SSSR count). The summed E-state index contributed by atoms with van der Waals surface area (Å²) in [5, 5.41) is 3.74. The van der Waals surface area contributed by atoms with Gasteiger partial charge in [0.2, 0.25) is 0 Å². The van der Waals surface area contributed by atoms with Gasteiger partial charge >= 0.3 is 6.09 Å². The number of hydrogen-bond acceptors (Lipinski definition) is 4. The fourth-order valence-electron chi connectivity index (χ4n) is 3.28. The maximum Gasteiger partial charge on any atom is 0.408 e. The lowest BCUT2D eigenvalue weighted by molar-refractivity contribution is 0.0481. The summed E-state index contributed by atoms with van der Waals surface area (Å²) in [6.45, 7) is 8.10. The third-order valence-electron chi connectivity index (χ3n) is 4.56. The molecule has 0 heterocycles. The maximum absolute atomic E-state index is 12.4. The first-order chi connectivity index (χ1) is 13.2. The fraction of sp³-hybridized carbons (Fsp3) is 0.409. The molecule has 2 aromatic rings. The van der Waals surface area contributed by atoms with Gasteiger partial charge in [-0.15, -0.1) is 0 Å². The summed E-state index contributed by atoms with van der Waals surface area (Å²) in [7, 11) is 0. The molecule has 6 heteroatoms. The second kappa shape index (κ2) is 8.76. The molecule has 1 N–H and O–H groups in total. The molecule has 4 nitrogen and oxygen atoms in total. The summed E-state index contributed by atoms with van der Waals surface area (Å²) in [6, 6.07) is 13.8. The van der Waals surface area contributed by atoms with Gasteiger partial charge in [-0.2, -0.15) is 0 Å². The van der Waals surface area contributed by atoms with Gasteiger partial charge in [-0.05, 0) is 63.4 Å². The summed E-state index contributed by atoms with van der Waals surface area (Å²) in [5.41, 5.74) is 2.77. The average molecular weight is 420 g/mol. The van der Waals surface area contributed by atoms with Crippen molar-refractivity contribution in [2.45, 2.75) is 50.7 Å². The van der Waals surface area contributed by atoms with Crippen LogP contribution in [-0.4, -0.2) is 18.3 Å². The van der Waals surface area contributed by atoms with Crippen LogP contribution in [0.15, 0.2) is 47.4 Å². The highest BCUT2D eigenvalue weighted by Gasteiger charge is 2.36. The van der Waals surface area contributed by atoms with E-state index in [1.165, 1.54) is 17.6 Å². The molecule has 0 saturated carbocycles. The largest absolute Gasteiger partial charge is 0.444 e. The van der Waals surface area contributed by atoms with E-state index in [1.54, 1.807) is 0 Å². The molecule has 150 valence electrons. The van der Waals surface area contributed by atoms with E-state index in [1.807, 2.05) is 51.1 Å². The van der Waals surface area contributed by atoms with Gasteiger partial charge in [-0.25, -0.2) is 4.79 Å². The van der Waals surface area contributed by atoms with Crippen molar-refractivity contribution >= 4 is 29.7 Å². The van der Waals surface area contributed by atoms with Crippen molar-refractivity contribution < 1.29 is 13.7 Å². The number of carbonyl (C=O) groups excluding carboxylic acids is 1. The van der Waals surface area contributed by atoms with Crippen molar-refractivity contribution in [1.82, 2.24) is 5.32 Å². The van der Waals surface area contributed by atoms with E-state index in [4.69, 9.17) is 20.5 Å². The van der Waals surface area contributed by atoms with Crippen LogP contribution in [0.5, 0.6) is 0 Å². The lowest BCUT2D eigenvalue weighted by Crippen LogP contribution is -2.37. The Labute approximate surface area is 176 Å². The molecule has 0 bridgehead atoms. The third-order valence-corrected chi connectivity index (χ3v) is 5.63. The maximum atomic E-state index is 12.4. The molecule has 1 amide bonds. The molecule has 1 aliphatic rings. The zero-order chi connectivity index (χ0) is 20.3. The van der Waals surface area contributed by atoms with Crippen LogP contribution in [-0.2, 0) is 15.3 Å². The quantitative estimate of drug-likeness (QED) is 0.594. The number of hydrogen-bond donors (Lipinski definition) is 1. The van der Waals surface area contributed by atoms with Crippen LogP contribution in [0, 0.1) is 12.8 Å². The smallest absolute Gasteiger partial charge is 0.408 e. The van der Waals surface area contributed by atoms with Crippen LogP contribution < -0.4 is 5.32 Å². The number of rotatable bonds is 5. The van der Waals surface area contributed by atoms with Crippen molar-refractivity contribution in [3.05, 3.63) is 64.2 Å². The first-order valence-corrected chi connectivity index (χ1v) is 10.5. The second-order valence-corrected chi connectivity index (χ2v) is 9.36.